The standard InChI is InChI=1S/C21H18F2N4O3/c1-25-8-14-6-13(25)9-26(14)20-17(23)7-15-18(28)16(21(29)30)10-27(19(15)24-20)12-4-2-11(22)3-5-12/h2-5,7,10,13-14H,6,8-9H2,1H3,(H,29,30)/t13-,14-/m0/s1. The molecule has 2 atom stereocenters. The van der Waals surface area contributed by atoms with Gasteiger partial charge in [-0.25, -0.2) is 18.6 Å². The highest BCUT2D eigenvalue weighted by Gasteiger charge is 2.43. The maximum absolute atomic E-state index is 15.0. The molecule has 0 amide bonds. The molecule has 0 unspecified atom stereocenters. The molecule has 1 N–H and O–H groups in total. The molecule has 2 aliphatic rings. The monoisotopic (exact) mass is 412 g/mol. The molecule has 0 radical (unpaired) electrons. The first-order valence-electron chi connectivity index (χ1n) is 9.55. The molecule has 7 nitrogen and oxygen atoms in total. The highest BCUT2D eigenvalue weighted by atomic mass is 19.1. The number of aromatic nitrogens is 2. The molecule has 2 fully saturated rings. The van der Waals surface area contributed by atoms with E-state index in [4.69, 9.17) is 0 Å². The molecule has 2 saturated heterocycles. The number of carboxylic acids is 1. The van der Waals surface area contributed by atoms with Crippen LogP contribution in [-0.2, 0) is 0 Å². The fourth-order valence-corrected chi connectivity index (χ4v) is 4.49. The number of carbonyl (C=O) groups is 1. The van der Waals surface area contributed by atoms with E-state index in [1.807, 2.05) is 11.9 Å². The molecule has 3 aromatic rings. The maximum Gasteiger partial charge on any atom is 0.341 e. The third-order valence-corrected chi connectivity index (χ3v) is 6.03. The van der Waals surface area contributed by atoms with Crippen molar-refractivity contribution in [3.8, 4) is 5.69 Å². The number of anilines is 1. The van der Waals surface area contributed by atoms with Crippen LogP contribution < -0.4 is 10.3 Å². The van der Waals surface area contributed by atoms with Crippen LogP contribution in [-0.4, -0.2) is 57.7 Å². The minimum atomic E-state index is -1.43. The number of fused-ring (bicyclic) bond motifs is 3. The topological polar surface area (TPSA) is 78.7 Å². The number of likely N-dealkylation sites (N-methyl/N-ethyl adjacent to an activating group) is 1. The molecular weight excluding hydrogens is 394 g/mol. The lowest BCUT2D eigenvalue weighted by Gasteiger charge is -2.33. The van der Waals surface area contributed by atoms with Crippen LogP contribution in [0.2, 0.25) is 0 Å². The van der Waals surface area contributed by atoms with Crippen molar-refractivity contribution in [2.75, 3.05) is 25.0 Å². The Balaban J connectivity index is 1.75. The van der Waals surface area contributed by atoms with Crippen molar-refractivity contribution in [3.05, 3.63) is 63.9 Å². The smallest absolute Gasteiger partial charge is 0.341 e. The Hall–Kier alpha value is -3.33. The van der Waals surface area contributed by atoms with Crippen molar-refractivity contribution in [1.82, 2.24) is 14.5 Å². The van der Waals surface area contributed by atoms with Gasteiger partial charge in [-0.1, -0.05) is 0 Å². The zero-order valence-corrected chi connectivity index (χ0v) is 16.0. The molecule has 9 heteroatoms. The number of aromatic carboxylic acids is 1. The first-order valence-corrected chi connectivity index (χ1v) is 9.55. The lowest BCUT2D eigenvalue weighted by Crippen LogP contribution is -2.45. The minimum absolute atomic E-state index is 0.128. The summed E-state index contributed by atoms with van der Waals surface area (Å²) in [6, 6.07) is 6.84. The molecule has 0 saturated carbocycles. The van der Waals surface area contributed by atoms with Gasteiger partial charge in [0.25, 0.3) is 0 Å². The van der Waals surface area contributed by atoms with Gasteiger partial charge >= 0.3 is 5.97 Å². The third-order valence-electron chi connectivity index (χ3n) is 6.03. The predicted octanol–water partition coefficient (Wildman–Crippen LogP) is 2.25. The van der Waals surface area contributed by atoms with Crippen LogP contribution in [0.3, 0.4) is 0 Å². The van der Waals surface area contributed by atoms with Crippen LogP contribution in [0.5, 0.6) is 0 Å². The van der Waals surface area contributed by atoms with Gasteiger partial charge in [0.05, 0.1) is 5.39 Å². The molecule has 30 heavy (non-hydrogen) atoms. The molecule has 154 valence electrons. The number of halogens is 2. The third kappa shape index (κ3) is 2.77. The summed E-state index contributed by atoms with van der Waals surface area (Å²) in [4.78, 5) is 32.9. The van der Waals surface area contributed by atoms with Gasteiger partial charge in [-0.2, -0.15) is 0 Å². The van der Waals surface area contributed by atoms with Gasteiger partial charge < -0.3 is 14.6 Å². The number of pyridine rings is 2. The number of hydrogen-bond donors (Lipinski definition) is 1. The molecule has 5 rings (SSSR count). The summed E-state index contributed by atoms with van der Waals surface area (Å²) in [5.74, 6) is -2.41. The number of benzene rings is 1. The van der Waals surface area contributed by atoms with E-state index in [-0.39, 0.29) is 22.9 Å². The van der Waals surface area contributed by atoms with Crippen LogP contribution in [0.1, 0.15) is 16.8 Å². The van der Waals surface area contributed by atoms with Crippen molar-refractivity contribution in [1.29, 1.82) is 0 Å². The second kappa shape index (κ2) is 6.60. The fourth-order valence-electron chi connectivity index (χ4n) is 4.49. The SMILES string of the molecule is CN1C[C@@H]2C[C@H]1CN2c1nc2c(cc1F)c(=O)c(C(=O)O)cn2-c1ccc(F)cc1. The Morgan fingerprint density at radius 1 is 1.17 bits per heavy atom. The summed E-state index contributed by atoms with van der Waals surface area (Å²) < 4.78 is 29.8. The van der Waals surface area contributed by atoms with E-state index in [2.05, 4.69) is 9.88 Å². The van der Waals surface area contributed by atoms with Gasteiger partial charge in [-0.3, -0.25) is 9.69 Å². The first kappa shape index (κ1) is 18.7. The van der Waals surface area contributed by atoms with Crippen molar-refractivity contribution in [2.45, 2.75) is 18.5 Å². The first-order chi connectivity index (χ1) is 14.3. The van der Waals surface area contributed by atoms with Gasteiger partial charge in [0.1, 0.15) is 11.4 Å². The van der Waals surface area contributed by atoms with E-state index in [0.717, 1.165) is 25.2 Å². The lowest BCUT2D eigenvalue weighted by molar-refractivity contribution is 0.0695. The Bertz CT molecular complexity index is 1240. The number of likely N-dealkylation sites (tertiary alicyclic amines) is 1. The molecule has 0 aliphatic carbocycles. The van der Waals surface area contributed by atoms with E-state index < -0.39 is 28.6 Å². The van der Waals surface area contributed by atoms with Crippen LogP contribution in [0, 0.1) is 11.6 Å². The summed E-state index contributed by atoms with van der Waals surface area (Å²) in [6.07, 6.45) is 2.07. The summed E-state index contributed by atoms with van der Waals surface area (Å²) in [6.45, 7) is 1.43. The minimum Gasteiger partial charge on any atom is -0.477 e. The maximum atomic E-state index is 15.0. The van der Waals surface area contributed by atoms with Crippen LogP contribution in [0.15, 0.2) is 41.3 Å². The van der Waals surface area contributed by atoms with Crippen molar-refractivity contribution in [3.63, 3.8) is 0 Å². The average Bonchev–Trinajstić information content (AvgIpc) is 3.28. The molecule has 1 aromatic carbocycles. The van der Waals surface area contributed by atoms with Crippen LogP contribution in [0.25, 0.3) is 16.7 Å². The van der Waals surface area contributed by atoms with E-state index >= 15 is 4.39 Å². The number of carboxylic acid groups (broad SMARTS) is 1. The summed E-state index contributed by atoms with van der Waals surface area (Å²) in [7, 11) is 2.03. The molecule has 2 aliphatic heterocycles. The number of rotatable bonds is 3. The van der Waals surface area contributed by atoms with Gasteiger partial charge in [0, 0.05) is 37.1 Å². The average molecular weight is 412 g/mol. The predicted molar refractivity (Wildman–Crippen MR) is 106 cm³/mol. The quantitative estimate of drug-likeness (QED) is 0.711. The summed E-state index contributed by atoms with van der Waals surface area (Å²) >= 11 is 0. The Morgan fingerprint density at radius 2 is 1.90 bits per heavy atom. The summed E-state index contributed by atoms with van der Waals surface area (Å²) in [5, 5.41) is 9.30. The summed E-state index contributed by atoms with van der Waals surface area (Å²) in [5.41, 5.74) is -0.778. The lowest BCUT2D eigenvalue weighted by atomic mass is 10.1. The zero-order valence-electron chi connectivity index (χ0n) is 16.0. The van der Waals surface area contributed by atoms with E-state index in [1.54, 1.807) is 0 Å². The van der Waals surface area contributed by atoms with Gasteiger partial charge in [-0.15, -0.1) is 0 Å². The molecule has 2 aromatic heterocycles. The van der Waals surface area contributed by atoms with Crippen LogP contribution in [0.4, 0.5) is 14.6 Å². The van der Waals surface area contributed by atoms with E-state index in [9.17, 15) is 19.1 Å². The highest BCUT2D eigenvalue weighted by molar-refractivity contribution is 5.92. The molecular formula is C21H18F2N4O3. The highest BCUT2D eigenvalue weighted by Crippen LogP contribution is 2.35. The van der Waals surface area contributed by atoms with E-state index in [0.29, 0.717) is 18.3 Å². The van der Waals surface area contributed by atoms with Gasteiger partial charge in [0.15, 0.2) is 17.3 Å². The van der Waals surface area contributed by atoms with Crippen molar-refractivity contribution >= 4 is 22.8 Å². The zero-order chi connectivity index (χ0) is 21.2. The second-order valence-corrected chi connectivity index (χ2v) is 7.82. The molecule has 4 heterocycles. The Kier molecular flexibility index (Phi) is 4.11. The fraction of sp³-hybridized carbons (Fsp3) is 0.286. The van der Waals surface area contributed by atoms with Crippen molar-refractivity contribution in [2.24, 2.45) is 0 Å². The van der Waals surface area contributed by atoms with Crippen LogP contribution >= 0.6 is 0 Å². The Labute approximate surface area is 169 Å². The largest absolute Gasteiger partial charge is 0.477 e. The van der Waals surface area contributed by atoms with Gasteiger partial charge in [0.2, 0.25) is 5.43 Å². The van der Waals surface area contributed by atoms with Crippen molar-refractivity contribution < 1.29 is 18.7 Å². The molecule has 2 bridgehead atoms. The number of nitrogens with zero attached hydrogens (tertiary/aromatic N) is 4. The van der Waals surface area contributed by atoms with E-state index in [1.165, 1.54) is 28.8 Å². The normalized spacial score (nSPS) is 21.0. The van der Waals surface area contributed by atoms with Gasteiger partial charge in [-0.05, 0) is 43.8 Å². The molecule has 0 spiro atoms. The second-order valence-electron chi connectivity index (χ2n) is 7.82. The number of hydrogen-bond acceptors (Lipinski definition) is 5. The number of piperazine rings is 1. The Morgan fingerprint density at radius 3 is 2.50 bits per heavy atom.